The highest BCUT2D eigenvalue weighted by Crippen LogP contribution is 2.23. The Hall–Kier alpha value is -3.21. The Kier molecular flexibility index (Phi) is 5.27. The molecule has 26 heavy (non-hydrogen) atoms. The van der Waals surface area contributed by atoms with E-state index in [1.54, 1.807) is 24.4 Å². The largest absolute Gasteiger partial charge is 0.496 e. The molecule has 5 nitrogen and oxygen atoms in total. The molecule has 0 aliphatic heterocycles. The number of aryl methyl sites for hydroxylation is 1. The smallest absolute Gasteiger partial charge is 0.224 e. The highest BCUT2D eigenvalue weighted by atomic mass is 16.5. The summed E-state index contributed by atoms with van der Waals surface area (Å²) in [6, 6.07) is 14.8. The van der Waals surface area contributed by atoms with Crippen molar-refractivity contribution in [3.63, 3.8) is 0 Å². The number of para-hydroxylation sites is 1. The van der Waals surface area contributed by atoms with Gasteiger partial charge in [-0.15, -0.1) is 0 Å². The van der Waals surface area contributed by atoms with E-state index in [2.05, 4.69) is 10.3 Å². The minimum atomic E-state index is -0.219. The lowest BCUT2D eigenvalue weighted by atomic mass is 10.0. The summed E-state index contributed by atoms with van der Waals surface area (Å²) in [5.74, 6) is 0.194. The number of fused-ring (bicyclic) bond motifs is 1. The number of carbonyl (C=O) groups is 2. The molecule has 3 rings (SSSR count). The average molecular weight is 348 g/mol. The van der Waals surface area contributed by atoms with Crippen LogP contribution in [0.5, 0.6) is 5.75 Å². The van der Waals surface area contributed by atoms with Crippen molar-refractivity contribution in [3.8, 4) is 5.75 Å². The fourth-order valence-corrected chi connectivity index (χ4v) is 2.82. The molecule has 1 heterocycles. The van der Waals surface area contributed by atoms with E-state index in [0.717, 1.165) is 16.5 Å². The maximum absolute atomic E-state index is 12.5. The second kappa shape index (κ2) is 7.78. The third-order valence-electron chi connectivity index (χ3n) is 4.14. The zero-order chi connectivity index (χ0) is 18.5. The van der Waals surface area contributed by atoms with Crippen LogP contribution >= 0.6 is 0 Å². The first-order valence-corrected chi connectivity index (χ1v) is 8.40. The number of hydrogen-bond acceptors (Lipinski definition) is 4. The number of methoxy groups -OCH3 is 1. The third-order valence-corrected chi connectivity index (χ3v) is 4.14. The summed E-state index contributed by atoms with van der Waals surface area (Å²) >= 11 is 0. The van der Waals surface area contributed by atoms with E-state index in [4.69, 9.17) is 4.74 Å². The number of anilines is 1. The van der Waals surface area contributed by atoms with Crippen LogP contribution in [-0.2, 0) is 4.79 Å². The number of benzene rings is 2. The van der Waals surface area contributed by atoms with Gasteiger partial charge in [-0.2, -0.15) is 0 Å². The normalized spacial score (nSPS) is 10.5. The molecule has 1 aromatic heterocycles. The molecule has 132 valence electrons. The Morgan fingerprint density at radius 3 is 2.69 bits per heavy atom. The highest BCUT2D eigenvalue weighted by molar-refractivity contribution is 6.04. The predicted octanol–water partition coefficient (Wildman–Crippen LogP) is 4.15. The molecule has 0 spiro atoms. The van der Waals surface area contributed by atoms with Gasteiger partial charge in [-0.25, -0.2) is 0 Å². The number of aromatic nitrogens is 1. The molecule has 0 atom stereocenters. The van der Waals surface area contributed by atoms with Crippen molar-refractivity contribution < 1.29 is 14.3 Å². The summed E-state index contributed by atoms with van der Waals surface area (Å²) in [6.07, 6.45) is 1.90. The van der Waals surface area contributed by atoms with Gasteiger partial charge in [-0.3, -0.25) is 14.6 Å². The first-order chi connectivity index (χ1) is 12.6. The Balaban J connectivity index is 1.67. The molecule has 0 bridgehead atoms. The molecule has 0 unspecified atom stereocenters. The van der Waals surface area contributed by atoms with Gasteiger partial charge < -0.3 is 10.1 Å². The standard InChI is InChI=1S/C21H20N2O3/c1-14-8-10-19(26-2)16(13-14)18(24)9-11-20(25)23-17-7-3-5-15-6-4-12-22-21(15)17/h3-8,10,12-13H,9,11H2,1-2H3,(H,23,25). The van der Waals surface area contributed by atoms with Gasteiger partial charge in [0.1, 0.15) is 5.75 Å². The molecule has 3 aromatic rings. The number of hydrogen-bond donors (Lipinski definition) is 1. The van der Waals surface area contributed by atoms with Crippen LogP contribution in [0.25, 0.3) is 10.9 Å². The number of ketones is 1. The maximum atomic E-state index is 12.5. The van der Waals surface area contributed by atoms with Gasteiger partial charge in [0, 0.05) is 24.4 Å². The molecule has 1 amide bonds. The molecule has 5 heteroatoms. The lowest BCUT2D eigenvalue weighted by Gasteiger charge is -2.10. The number of pyridine rings is 1. The van der Waals surface area contributed by atoms with Gasteiger partial charge in [-0.05, 0) is 31.2 Å². The van der Waals surface area contributed by atoms with Crippen LogP contribution in [0.1, 0.15) is 28.8 Å². The lowest BCUT2D eigenvalue weighted by Crippen LogP contribution is -2.14. The Labute approximate surface area is 152 Å². The van der Waals surface area contributed by atoms with Crippen LogP contribution in [0.4, 0.5) is 5.69 Å². The van der Waals surface area contributed by atoms with Gasteiger partial charge in [-0.1, -0.05) is 29.8 Å². The van der Waals surface area contributed by atoms with Crippen LogP contribution in [-0.4, -0.2) is 23.8 Å². The quantitative estimate of drug-likeness (QED) is 0.679. The van der Waals surface area contributed by atoms with Crippen LogP contribution < -0.4 is 10.1 Å². The molecular formula is C21H20N2O3. The average Bonchev–Trinajstić information content (AvgIpc) is 2.66. The van der Waals surface area contributed by atoms with Gasteiger partial charge >= 0.3 is 0 Å². The van der Waals surface area contributed by atoms with Crippen molar-refractivity contribution in [2.45, 2.75) is 19.8 Å². The van der Waals surface area contributed by atoms with E-state index < -0.39 is 0 Å². The van der Waals surface area contributed by atoms with E-state index in [9.17, 15) is 9.59 Å². The molecule has 0 aliphatic carbocycles. The van der Waals surface area contributed by atoms with Gasteiger partial charge in [0.05, 0.1) is 23.9 Å². The van der Waals surface area contributed by atoms with Crippen molar-refractivity contribution in [1.29, 1.82) is 0 Å². The van der Waals surface area contributed by atoms with Gasteiger partial charge in [0.25, 0.3) is 0 Å². The number of Topliss-reactive ketones (excluding diaryl/α,β-unsaturated/α-hetero) is 1. The van der Waals surface area contributed by atoms with E-state index in [-0.39, 0.29) is 24.5 Å². The molecule has 0 aliphatic rings. The van der Waals surface area contributed by atoms with E-state index in [1.807, 2.05) is 37.3 Å². The van der Waals surface area contributed by atoms with Crippen molar-refractivity contribution in [2.75, 3.05) is 12.4 Å². The van der Waals surface area contributed by atoms with Crippen molar-refractivity contribution in [3.05, 3.63) is 65.9 Å². The fourth-order valence-electron chi connectivity index (χ4n) is 2.82. The molecular weight excluding hydrogens is 328 g/mol. The number of ether oxygens (including phenoxy) is 1. The summed E-state index contributed by atoms with van der Waals surface area (Å²) in [5.41, 5.74) is 2.86. The SMILES string of the molecule is COc1ccc(C)cc1C(=O)CCC(=O)Nc1cccc2cccnc12. The predicted molar refractivity (Wildman–Crippen MR) is 102 cm³/mol. The number of rotatable bonds is 6. The van der Waals surface area contributed by atoms with Gasteiger partial charge in [0.2, 0.25) is 5.91 Å². The van der Waals surface area contributed by atoms with Crippen molar-refractivity contribution in [2.24, 2.45) is 0 Å². The number of carbonyl (C=O) groups excluding carboxylic acids is 2. The second-order valence-corrected chi connectivity index (χ2v) is 6.06. The summed E-state index contributed by atoms with van der Waals surface area (Å²) in [5, 5.41) is 3.80. The third kappa shape index (κ3) is 3.88. The highest BCUT2D eigenvalue weighted by Gasteiger charge is 2.15. The van der Waals surface area contributed by atoms with E-state index in [0.29, 0.717) is 17.0 Å². The van der Waals surface area contributed by atoms with E-state index >= 15 is 0 Å². The first-order valence-electron chi connectivity index (χ1n) is 8.40. The summed E-state index contributed by atoms with van der Waals surface area (Å²) in [6.45, 7) is 1.91. The van der Waals surface area contributed by atoms with Crippen molar-refractivity contribution >= 4 is 28.3 Å². The van der Waals surface area contributed by atoms with Crippen LogP contribution in [0, 0.1) is 6.92 Å². The molecule has 2 aromatic carbocycles. The van der Waals surface area contributed by atoms with Crippen LogP contribution in [0.3, 0.4) is 0 Å². The Morgan fingerprint density at radius 2 is 1.88 bits per heavy atom. The summed E-state index contributed by atoms with van der Waals surface area (Å²) < 4.78 is 5.24. The fraction of sp³-hybridized carbons (Fsp3) is 0.190. The number of nitrogens with one attached hydrogen (secondary N) is 1. The van der Waals surface area contributed by atoms with Crippen LogP contribution in [0.2, 0.25) is 0 Å². The summed E-state index contributed by atoms with van der Waals surface area (Å²) in [7, 11) is 1.53. The molecule has 0 saturated heterocycles. The number of amides is 1. The first kappa shape index (κ1) is 17.6. The topological polar surface area (TPSA) is 68.3 Å². The monoisotopic (exact) mass is 348 g/mol. The zero-order valence-corrected chi connectivity index (χ0v) is 14.8. The molecule has 0 radical (unpaired) electrons. The van der Waals surface area contributed by atoms with E-state index in [1.165, 1.54) is 7.11 Å². The van der Waals surface area contributed by atoms with Crippen LogP contribution in [0.15, 0.2) is 54.7 Å². The number of nitrogens with zero attached hydrogens (tertiary/aromatic N) is 1. The Morgan fingerprint density at radius 1 is 1.08 bits per heavy atom. The summed E-state index contributed by atoms with van der Waals surface area (Å²) in [4.78, 5) is 29.1. The molecule has 0 saturated carbocycles. The van der Waals surface area contributed by atoms with Crippen molar-refractivity contribution in [1.82, 2.24) is 4.98 Å². The minimum Gasteiger partial charge on any atom is -0.496 e. The maximum Gasteiger partial charge on any atom is 0.224 e. The molecule has 1 N–H and O–H groups in total. The molecule has 0 fully saturated rings. The zero-order valence-electron chi connectivity index (χ0n) is 14.8. The minimum absolute atomic E-state index is 0.0964. The van der Waals surface area contributed by atoms with Gasteiger partial charge in [0.15, 0.2) is 5.78 Å². The Bertz CT molecular complexity index is 961. The second-order valence-electron chi connectivity index (χ2n) is 6.06. The lowest BCUT2D eigenvalue weighted by molar-refractivity contribution is -0.116.